The highest BCUT2D eigenvalue weighted by Crippen LogP contribution is 2.32. The summed E-state index contributed by atoms with van der Waals surface area (Å²) < 4.78 is 1.60. The van der Waals surface area contributed by atoms with Crippen molar-refractivity contribution in [1.82, 2.24) is 9.78 Å². The van der Waals surface area contributed by atoms with E-state index in [9.17, 15) is 9.59 Å². The van der Waals surface area contributed by atoms with Crippen molar-refractivity contribution in [2.45, 2.75) is 20.8 Å². The third-order valence-electron chi connectivity index (χ3n) is 5.40. The molecule has 0 fully saturated rings. The van der Waals surface area contributed by atoms with Gasteiger partial charge in [-0.15, -0.1) is 0 Å². The van der Waals surface area contributed by atoms with Crippen molar-refractivity contribution < 1.29 is 4.79 Å². The predicted octanol–water partition coefficient (Wildman–Crippen LogP) is 5.73. The Morgan fingerprint density at radius 2 is 1.59 bits per heavy atom. The molecule has 5 nitrogen and oxygen atoms in total. The van der Waals surface area contributed by atoms with Crippen LogP contribution in [0.4, 0.5) is 5.82 Å². The van der Waals surface area contributed by atoms with Crippen LogP contribution >= 0.6 is 11.6 Å². The summed E-state index contributed by atoms with van der Waals surface area (Å²) >= 11 is 6.47. The Bertz CT molecular complexity index is 1380. The number of aryl methyl sites for hydroxylation is 3. The molecule has 4 aromatic rings. The Balaban J connectivity index is 2.01. The smallest absolute Gasteiger partial charge is 0.256 e. The zero-order chi connectivity index (χ0) is 22.8. The Morgan fingerprint density at radius 3 is 2.28 bits per heavy atom. The van der Waals surface area contributed by atoms with Crippen molar-refractivity contribution in [2.24, 2.45) is 0 Å². The SMILES string of the molecule is Cc1ccc(-n2nc(C)c(=O)c(-c3ccccc3Cl)c2NC(=O)c2ccccc2)cc1C. The third-order valence-corrected chi connectivity index (χ3v) is 5.73. The minimum Gasteiger partial charge on any atom is -0.306 e. The number of hydrogen-bond donors (Lipinski definition) is 1. The summed E-state index contributed by atoms with van der Waals surface area (Å²) in [5, 5.41) is 7.86. The first-order valence-corrected chi connectivity index (χ1v) is 10.6. The van der Waals surface area contributed by atoms with Crippen LogP contribution in [0.3, 0.4) is 0 Å². The van der Waals surface area contributed by atoms with Crippen molar-refractivity contribution >= 4 is 23.3 Å². The maximum atomic E-state index is 13.3. The van der Waals surface area contributed by atoms with E-state index in [1.807, 2.05) is 38.1 Å². The maximum absolute atomic E-state index is 13.3. The van der Waals surface area contributed by atoms with E-state index in [2.05, 4.69) is 10.4 Å². The average Bonchev–Trinajstić information content (AvgIpc) is 2.79. The van der Waals surface area contributed by atoms with Gasteiger partial charge in [0.2, 0.25) is 5.43 Å². The van der Waals surface area contributed by atoms with E-state index in [-0.39, 0.29) is 17.2 Å². The normalized spacial score (nSPS) is 10.8. The molecule has 0 aliphatic rings. The largest absolute Gasteiger partial charge is 0.306 e. The van der Waals surface area contributed by atoms with Crippen LogP contribution in [0.5, 0.6) is 0 Å². The molecule has 32 heavy (non-hydrogen) atoms. The van der Waals surface area contributed by atoms with Gasteiger partial charge in [-0.05, 0) is 62.2 Å². The van der Waals surface area contributed by atoms with Crippen molar-refractivity contribution in [3.05, 3.63) is 110 Å². The minimum atomic E-state index is -0.346. The molecule has 1 aromatic heterocycles. The van der Waals surface area contributed by atoms with Gasteiger partial charge in [0.05, 0.1) is 11.3 Å². The summed E-state index contributed by atoms with van der Waals surface area (Å²) in [5.74, 6) is -0.0765. The van der Waals surface area contributed by atoms with Crippen LogP contribution in [0.1, 0.15) is 27.2 Å². The molecule has 0 atom stereocenters. The number of carbonyl (C=O) groups is 1. The fourth-order valence-electron chi connectivity index (χ4n) is 3.48. The van der Waals surface area contributed by atoms with Gasteiger partial charge in [-0.3, -0.25) is 9.59 Å². The molecule has 1 N–H and O–H groups in total. The molecule has 0 aliphatic heterocycles. The summed E-state index contributed by atoms with van der Waals surface area (Å²) in [7, 11) is 0. The van der Waals surface area contributed by atoms with E-state index in [0.29, 0.717) is 27.4 Å². The highest BCUT2D eigenvalue weighted by molar-refractivity contribution is 6.33. The van der Waals surface area contributed by atoms with Gasteiger partial charge in [-0.2, -0.15) is 5.10 Å². The number of nitrogens with zero attached hydrogens (tertiary/aromatic N) is 2. The van der Waals surface area contributed by atoms with Gasteiger partial charge in [-0.25, -0.2) is 4.68 Å². The molecule has 3 aromatic carbocycles. The van der Waals surface area contributed by atoms with Crippen LogP contribution < -0.4 is 10.7 Å². The third kappa shape index (κ3) is 4.07. The molecule has 4 rings (SSSR count). The second-order valence-electron chi connectivity index (χ2n) is 7.62. The quantitative estimate of drug-likeness (QED) is 0.438. The van der Waals surface area contributed by atoms with Crippen molar-refractivity contribution in [3.63, 3.8) is 0 Å². The average molecular weight is 444 g/mol. The Morgan fingerprint density at radius 1 is 0.906 bits per heavy atom. The minimum absolute atomic E-state index is 0.269. The number of anilines is 1. The van der Waals surface area contributed by atoms with E-state index < -0.39 is 0 Å². The van der Waals surface area contributed by atoms with E-state index in [0.717, 1.165) is 16.8 Å². The lowest BCUT2D eigenvalue weighted by atomic mass is 10.0. The molecule has 0 aliphatic carbocycles. The van der Waals surface area contributed by atoms with Gasteiger partial charge in [-0.1, -0.05) is 54.1 Å². The first-order chi connectivity index (χ1) is 15.4. The fraction of sp³-hybridized carbons (Fsp3) is 0.115. The van der Waals surface area contributed by atoms with Gasteiger partial charge in [0.25, 0.3) is 5.91 Å². The zero-order valence-corrected chi connectivity index (χ0v) is 18.8. The van der Waals surface area contributed by atoms with Crippen LogP contribution in [0.2, 0.25) is 5.02 Å². The van der Waals surface area contributed by atoms with E-state index in [1.165, 1.54) is 0 Å². The number of amides is 1. The summed E-state index contributed by atoms with van der Waals surface area (Å²) in [4.78, 5) is 26.4. The molecule has 0 saturated heterocycles. The number of aromatic nitrogens is 2. The molecular formula is C26H22ClN3O2. The second-order valence-corrected chi connectivity index (χ2v) is 8.03. The monoisotopic (exact) mass is 443 g/mol. The van der Waals surface area contributed by atoms with Gasteiger partial charge < -0.3 is 5.32 Å². The van der Waals surface area contributed by atoms with Crippen molar-refractivity contribution in [1.29, 1.82) is 0 Å². The number of nitrogens with one attached hydrogen (secondary N) is 1. The molecule has 0 spiro atoms. The Kier molecular flexibility index (Phi) is 5.93. The van der Waals surface area contributed by atoms with Gasteiger partial charge in [0.15, 0.2) is 0 Å². The molecule has 0 radical (unpaired) electrons. The van der Waals surface area contributed by atoms with Gasteiger partial charge >= 0.3 is 0 Å². The first-order valence-electron chi connectivity index (χ1n) is 10.2. The molecular weight excluding hydrogens is 422 g/mol. The van der Waals surface area contributed by atoms with Crippen molar-refractivity contribution in [2.75, 3.05) is 5.32 Å². The summed E-state index contributed by atoms with van der Waals surface area (Å²) in [6.45, 7) is 5.69. The molecule has 6 heteroatoms. The van der Waals surface area contributed by atoms with Crippen LogP contribution in [0.15, 0.2) is 77.6 Å². The highest BCUT2D eigenvalue weighted by Gasteiger charge is 2.22. The topological polar surface area (TPSA) is 64.0 Å². The number of carbonyl (C=O) groups excluding carboxylic acids is 1. The molecule has 1 heterocycles. The molecule has 0 bridgehead atoms. The van der Waals surface area contributed by atoms with Gasteiger partial charge in [0, 0.05) is 16.1 Å². The highest BCUT2D eigenvalue weighted by atomic mass is 35.5. The van der Waals surface area contributed by atoms with Crippen LogP contribution in [-0.4, -0.2) is 15.7 Å². The standard InChI is InChI=1S/C26H22ClN3O2/c1-16-13-14-20(15-17(16)2)30-25(28-26(32)19-9-5-4-6-10-19)23(24(31)18(3)29-30)21-11-7-8-12-22(21)27/h4-15H,1-3H3,(H,28,32). The molecule has 0 unspecified atom stereocenters. The number of rotatable bonds is 4. The summed E-state index contributed by atoms with van der Waals surface area (Å²) in [6, 6.07) is 21.8. The van der Waals surface area contributed by atoms with Crippen LogP contribution in [0, 0.1) is 20.8 Å². The number of benzene rings is 3. The van der Waals surface area contributed by atoms with Crippen LogP contribution in [-0.2, 0) is 0 Å². The maximum Gasteiger partial charge on any atom is 0.256 e. The van der Waals surface area contributed by atoms with E-state index >= 15 is 0 Å². The summed E-state index contributed by atoms with van der Waals surface area (Å²) in [6.07, 6.45) is 0. The van der Waals surface area contributed by atoms with Crippen LogP contribution in [0.25, 0.3) is 16.8 Å². The number of halogens is 1. The number of hydrogen-bond acceptors (Lipinski definition) is 3. The van der Waals surface area contributed by atoms with Gasteiger partial charge in [0.1, 0.15) is 11.5 Å². The molecule has 0 saturated carbocycles. The predicted molar refractivity (Wildman–Crippen MR) is 129 cm³/mol. The Hall–Kier alpha value is -3.70. The van der Waals surface area contributed by atoms with E-state index in [4.69, 9.17) is 11.6 Å². The lowest BCUT2D eigenvalue weighted by Gasteiger charge is -2.19. The molecule has 1 amide bonds. The van der Waals surface area contributed by atoms with E-state index in [1.54, 1.807) is 60.1 Å². The summed E-state index contributed by atoms with van der Waals surface area (Å²) in [5.41, 5.74) is 4.24. The Labute approximate surface area is 191 Å². The lowest BCUT2D eigenvalue weighted by molar-refractivity contribution is 0.102. The first kappa shape index (κ1) is 21.5. The zero-order valence-electron chi connectivity index (χ0n) is 18.0. The molecule has 160 valence electrons. The van der Waals surface area contributed by atoms with Crippen molar-refractivity contribution in [3.8, 4) is 16.8 Å². The second kappa shape index (κ2) is 8.81. The lowest BCUT2D eigenvalue weighted by Crippen LogP contribution is -2.25. The fourth-order valence-corrected chi connectivity index (χ4v) is 3.71.